The molecule has 5 rings (SSSR count). The van der Waals surface area contributed by atoms with Crippen LogP contribution in [0.25, 0.3) is 16.5 Å². The zero-order chi connectivity index (χ0) is 32.4. The summed E-state index contributed by atoms with van der Waals surface area (Å²) in [4.78, 5) is -1.73. The molecule has 4 aromatic carbocycles. The van der Waals surface area contributed by atoms with Crippen molar-refractivity contribution >= 4 is 69.6 Å². The molecule has 0 spiro atoms. The van der Waals surface area contributed by atoms with E-state index < -0.39 is 58.0 Å². The van der Waals surface area contributed by atoms with Gasteiger partial charge in [0.15, 0.2) is 0 Å². The summed E-state index contributed by atoms with van der Waals surface area (Å²) in [5.41, 5.74) is 5.22. The molecule has 0 radical (unpaired) electrons. The molecule has 230 valence electrons. The fraction of sp³-hybridized carbons (Fsp3) is 0.0769. The third kappa shape index (κ3) is 5.86. The Labute approximate surface area is 250 Å². The van der Waals surface area contributed by atoms with Crippen molar-refractivity contribution in [3.8, 4) is 5.75 Å². The number of aryl methyl sites for hydroxylation is 1. The van der Waals surface area contributed by atoms with Crippen molar-refractivity contribution in [2.75, 3.05) is 10.8 Å². The molecular weight excluding hydrogens is 641 g/mol. The Morgan fingerprint density at radius 2 is 1.41 bits per heavy atom. The molecule has 0 saturated carbocycles. The number of anilines is 2. The summed E-state index contributed by atoms with van der Waals surface area (Å²) in [5.74, 6) is -0.576. The number of hydrogen-bond donors (Lipinski definition) is 6. The van der Waals surface area contributed by atoms with Crippen LogP contribution in [0.4, 0.5) is 22.7 Å². The van der Waals surface area contributed by atoms with Crippen LogP contribution >= 0.6 is 0 Å². The van der Waals surface area contributed by atoms with Crippen LogP contribution in [0.1, 0.15) is 16.7 Å². The highest BCUT2D eigenvalue weighted by Gasteiger charge is 2.35. The first-order valence-electron chi connectivity index (χ1n) is 12.2. The fourth-order valence-corrected chi connectivity index (χ4v) is 6.59. The Morgan fingerprint density at radius 1 is 0.773 bits per heavy atom. The Bertz CT molecular complexity index is 2280. The lowest BCUT2D eigenvalue weighted by Gasteiger charge is -2.31. The highest BCUT2D eigenvalue weighted by molar-refractivity contribution is 7.90. The first kappa shape index (κ1) is 31.0. The average Bonchev–Trinajstić information content (AvgIpc) is 2.91. The van der Waals surface area contributed by atoms with Crippen LogP contribution in [0.15, 0.2) is 85.6 Å². The predicted molar refractivity (Wildman–Crippen MR) is 158 cm³/mol. The van der Waals surface area contributed by atoms with E-state index in [4.69, 9.17) is 5.73 Å². The number of hydrogen-bond acceptors (Lipinski definition) is 12. The molecule has 7 N–H and O–H groups in total. The zero-order valence-electron chi connectivity index (χ0n) is 22.3. The van der Waals surface area contributed by atoms with Gasteiger partial charge in [-0.3, -0.25) is 18.9 Å². The van der Waals surface area contributed by atoms with Gasteiger partial charge in [0.05, 0.1) is 38.2 Å². The first-order chi connectivity index (χ1) is 20.3. The van der Waals surface area contributed by atoms with Crippen LogP contribution in [-0.4, -0.2) is 49.2 Å². The summed E-state index contributed by atoms with van der Waals surface area (Å²) >= 11 is 0. The summed E-state index contributed by atoms with van der Waals surface area (Å²) in [6.07, 6.45) is -0.651. The van der Waals surface area contributed by atoms with Gasteiger partial charge in [0, 0.05) is 18.1 Å². The standard InChI is InChI=1S/C26H22N4O11S3/c1-13-6-20(26-24(44(39,40)41)10-16-9-19(43(36,37)38)11-21(27)25(16)30(26)32)23(31)12-22(13)29-28-17-4-2-15-8-18(42(33,34)35)5-3-14(15)7-17/h2-9,11-12,31-32H,10,27H2,1H3,(H,33,34,35)(H,36,37,38)(H,39,40,41). The van der Waals surface area contributed by atoms with E-state index >= 15 is 0 Å². The Balaban J connectivity index is 1.55. The molecule has 0 saturated heterocycles. The Morgan fingerprint density at radius 3 is 2.05 bits per heavy atom. The molecule has 0 aliphatic carbocycles. The summed E-state index contributed by atoms with van der Waals surface area (Å²) in [7, 11) is -14.2. The van der Waals surface area contributed by atoms with Crippen LogP contribution in [0.5, 0.6) is 5.75 Å². The maximum Gasteiger partial charge on any atom is 0.294 e. The Hall–Kier alpha value is -4.43. The lowest BCUT2D eigenvalue weighted by atomic mass is 9.97. The third-order valence-electron chi connectivity index (χ3n) is 6.78. The zero-order valence-corrected chi connectivity index (χ0v) is 24.8. The summed E-state index contributed by atoms with van der Waals surface area (Å²) in [6.45, 7) is 1.55. The van der Waals surface area contributed by atoms with Gasteiger partial charge in [0.25, 0.3) is 30.4 Å². The molecule has 0 aromatic heterocycles. The van der Waals surface area contributed by atoms with Gasteiger partial charge in [-0.2, -0.15) is 35.5 Å². The smallest absolute Gasteiger partial charge is 0.294 e. The molecule has 18 heteroatoms. The van der Waals surface area contributed by atoms with Crippen LogP contribution < -0.4 is 10.8 Å². The minimum atomic E-state index is -5.05. The topological polar surface area (TPSA) is 258 Å². The molecule has 0 fully saturated rings. The van der Waals surface area contributed by atoms with Gasteiger partial charge < -0.3 is 10.8 Å². The minimum Gasteiger partial charge on any atom is -0.507 e. The first-order valence-corrected chi connectivity index (χ1v) is 16.5. The number of aromatic hydroxyl groups is 1. The van der Waals surface area contributed by atoms with E-state index in [1.165, 1.54) is 30.3 Å². The molecular formula is C26H22N4O11S3. The predicted octanol–water partition coefficient (Wildman–Crippen LogP) is 4.35. The van der Waals surface area contributed by atoms with E-state index in [1.54, 1.807) is 19.1 Å². The molecule has 1 aliphatic heterocycles. The quantitative estimate of drug-likeness (QED) is 0.0954. The summed E-state index contributed by atoms with van der Waals surface area (Å²) in [5, 5.41) is 31.6. The Kier molecular flexibility index (Phi) is 7.49. The number of phenols is 1. The van der Waals surface area contributed by atoms with Gasteiger partial charge >= 0.3 is 0 Å². The van der Waals surface area contributed by atoms with Crippen molar-refractivity contribution in [1.82, 2.24) is 0 Å². The van der Waals surface area contributed by atoms with E-state index in [0.29, 0.717) is 27.1 Å². The summed E-state index contributed by atoms with van der Waals surface area (Å²) < 4.78 is 99.5. The number of allylic oxidation sites excluding steroid dienone is 1. The molecule has 0 bridgehead atoms. The van der Waals surface area contributed by atoms with Crippen molar-refractivity contribution in [2.45, 2.75) is 23.1 Å². The fourth-order valence-electron chi connectivity index (χ4n) is 4.72. The van der Waals surface area contributed by atoms with Crippen molar-refractivity contribution < 1.29 is 49.2 Å². The average molecular weight is 663 g/mol. The van der Waals surface area contributed by atoms with Gasteiger partial charge in [-0.25, -0.2) is 5.06 Å². The van der Waals surface area contributed by atoms with Gasteiger partial charge in [-0.05, 0) is 71.3 Å². The highest BCUT2D eigenvalue weighted by atomic mass is 32.2. The molecule has 44 heavy (non-hydrogen) atoms. The third-order valence-corrected chi connectivity index (χ3v) is 9.42. The number of benzene rings is 4. The SMILES string of the molecule is Cc1cc(C2=C(S(=O)(=O)O)Cc3cc(S(=O)(=O)O)cc(N)c3N2O)c(O)cc1N=Nc1ccc2cc(S(=O)(=O)O)ccc2c1. The molecule has 0 amide bonds. The van der Waals surface area contributed by atoms with E-state index in [0.717, 1.165) is 18.2 Å². The van der Waals surface area contributed by atoms with Crippen molar-refractivity contribution in [3.63, 3.8) is 0 Å². The van der Waals surface area contributed by atoms with Crippen LogP contribution in [0, 0.1) is 6.92 Å². The largest absolute Gasteiger partial charge is 0.507 e. The number of nitrogens with zero attached hydrogens (tertiary/aromatic N) is 3. The van der Waals surface area contributed by atoms with E-state index in [-0.39, 0.29) is 33.1 Å². The molecule has 1 heterocycles. The highest BCUT2D eigenvalue weighted by Crippen LogP contribution is 2.45. The number of fused-ring (bicyclic) bond motifs is 2. The second-order valence-corrected chi connectivity index (χ2v) is 14.0. The van der Waals surface area contributed by atoms with E-state index in [1.807, 2.05) is 0 Å². The molecule has 0 atom stereocenters. The van der Waals surface area contributed by atoms with Crippen LogP contribution in [-0.2, 0) is 36.8 Å². The van der Waals surface area contributed by atoms with Gasteiger partial charge in [-0.1, -0.05) is 12.1 Å². The summed E-state index contributed by atoms with van der Waals surface area (Å²) in [6, 6.07) is 12.8. The lowest BCUT2D eigenvalue weighted by molar-refractivity contribution is 0.301. The number of hydroxylamine groups is 1. The van der Waals surface area contributed by atoms with Gasteiger partial charge in [0.2, 0.25) is 0 Å². The molecule has 1 aliphatic rings. The number of nitrogen functional groups attached to an aromatic ring is 1. The maximum absolute atomic E-state index is 12.4. The van der Waals surface area contributed by atoms with Crippen LogP contribution in [0.3, 0.4) is 0 Å². The van der Waals surface area contributed by atoms with Crippen molar-refractivity contribution in [2.24, 2.45) is 10.2 Å². The number of phenolic OH excluding ortho intramolecular Hbond substituents is 1. The van der Waals surface area contributed by atoms with Crippen molar-refractivity contribution in [1.29, 1.82) is 0 Å². The monoisotopic (exact) mass is 662 g/mol. The molecule has 4 aromatic rings. The van der Waals surface area contributed by atoms with E-state index in [2.05, 4.69) is 10.2 Å². The van der Waals surface area contributed by atoms with E-state index in [9.17, 15) is 49.2 Å². The number of azo groups is 1. The molecule has 0 unspecified atom stereocenters. The van der Waals surface area contributed by atoms with Crippen molar-refractivity contribution in [3.05, 3.63) is 82.3 Å². The van der Waals surface area contributed by atoms with Crippen LogP contribution in [0.2, 0.25) is 0 Å². The second-order valence-electron chi connectivity index (χ2n) is 9.75. The number of rotatable bonds is 6. The minimum absolute atomic E-state index is 0.139. The number of nitrogens with two attached hydrogens (primary N) is 1. The van der Waals surface area contributed by atoms with Gasteiger partial charge in [0.1, 0.15) is 10.7 Å². The normalized spacial score (nSPS) is 14.4. The molecule has 15 nitrogen and oxygen atoms in total. The maximum atomic E-state index is 12.4. The van der Waals surface area contributed by atoms with Gasteiger partial charge in [-0.15, -0.1) is 0 Å². The lowest BCUT2D eigenvalue weighted by Crippen LogP contribution is -2.28. The second kappa shape index (κ2) is 10.6.